The molecular weight excluding hydrogens is 218 g/mol. The Balaban J connectivity index is 1.92. The lowest BCUT2D eigenvalue weighted by Gasteiger charge is -2.26. The van der Waals surface area contributed by atoms with Gasteiger partial charge in [0.25, 0.3) is 0 Å². The molecule has 6 nitrogen and oxygen atoms in total. The molecule has 0 bridgehead atoms. The Morgan fingerprint density at radius 3 is 2.76 bits per heavy atom. The summed E-state index contributed by atoms with van der Waals surface area (Å²) in [4.78, 5) is 17.9. The van der Waals surface area contributed by atoms with E-state index in [1.54, 1.807) is 11.0 Å². The standard InChI is InChI=1S/C11H19N5O/c1-9(12)11-13-8-16(14-11)7-10(17)15-5-3-2-4-6-15/h8-9H,2-7,12H2,1H3. The van der Waals surface area contributed by atoms with Gasteiger partial charge in [0, 0.05) is 13.1 Å². The van der Waals surface area contributed by atoms with Crippen molar-refractivity contribution in [2.24, 2.45) is 5.73 Å². The molecule has 6 heteroatoms. The van der Waals surface area contributed by atoms with Gasteiger partial charge >= 0.3 is 0 Å². The van der Waals surface area contributed by atoms with Crippen molar-refractivity contribution >= 4 is 5.91 Å². The second-order valence-electron chi connectivity index (χ2n) is 4.53. The number of amides is 1. The number of carbonyl (C=O) groups excluding carboxylic acids is 1. The van der Waals surface area contributed by atoms with Crippen molar-refractivity contribution in [3.63, 3.8) is 0 Å². The number of carbonyl (C=O) groups is 1. The number of nitrogens with zero attached hydrogens (tertiary/aromatic N) is 4. The van der Waals surface area contributed by atoms with Gasteiger partial charge < -0.3 is 10.6 Å². The first-order valence-electron chi connectivity index (χ1n) is 6.09. The fraction of sp³-hybridized carbons (Fsp3) is 0.727. The lowest BCUT2D eigenvalue weighted by atomic mass is 10.1. The van der Waals surface area contributed by atoms with Gasteiger partial charge in [-0.2, -0.15) is 5.10 Å². The van der Waals surface area contributed by atoms with E-state index in [4.69, 9.17) is 5.73 Å². The molecule has 2 N–H and O–H groups in total. The van der Waals surface area contributed by atoms with E-state index >= 15 is 0 Å². The molecule has 0 radical (unpaired) electrons. The largest absolute Gasteiger partial charge is 0.341 e. The molecule has 1 saturated heterocycles. The number of hydrogen-bond donors (Lipinski definition) is 1. The molecule has 2 rings (SSSR count). The van der Waals surface area contributed by atoms with Crippen molar-refractivity contribution in [1.29, 1.82) is 0 Å². The molecule has 1 unspecified atom stereocenters. The molecule has 1 aromatic heterocycles. The molecule has 1 aliphatic heterocycles. The van der Waals surface area contributed by atoms with Gasteiger partial charge in [0.2, 0.25) is 5.91 Å². The van der Waals surface area contributed by atoms with Gasteiger partial charge in [-0.15, -0.1) is 0 Å². The molecule has 0 aliphatic carbocycles. The van der Waals surface area contributed by atoms with Crippen LogP contribution in [-0.2, 0) is 11.3 Å². The van der Waals surface area contributed by atoms with Gasteiger partial charge in [0.15, 0.2) is 5.82 Å². The molecule has 0 aromatic carbocycles. The van der Waals surface area contributed by atoms with Crippen LogP contribution in [0.4, 0.5) is 0 Å². The first kappa shape index (κ1) is 12.0. The van der Waals surface area contributed by atoms with Gasteiger partial charge in [-0.05, 0) is 26.2 Å². The number of hydrogen-bond acceptors (Lipinski definition) is 4. The highest BCUT2D eigenvalue weighted by atomic mass is 16.2. The zero-order chi connectivity index (χ0) is 12.3. The smallest absolute Gasteiger partial charge is 0.244 e. The van der Waals surface area contributed by atoms with Crippen LogP contribution < -0.4 is 5.73 Å². The quantitative estimate of drug-likeness (QED) is 0.820. The maximum absolute atomic E-state index is 12.0. The number of piperidine rings is 1. The monoisotopic (exact) mass is 237 g/mol. The minimum Gasteiger partial charge on any atom is -0.341 e. The second-order valence-corrected chi connectivity index (χ2v) is 4.53. The zero-order valence-corrected chi connectivity index (χ0v) is 10.2. The third-order valence-electron chi connectivity index (χ3n) is 2.97. The number of likely N-dealkylation sites (tertiary alicyclic amines) is 1. The summed E-state index contributed by atoms with van der Waals surface area (Å²) in [6.07, 6.45) is 5.00. The van der Waals surface area contributed by atoms with E-state index < -0.39 is 0 Å². The van der Waals surface area contributed by atoms with Gasteiger partial charge in [0.05, 0.1) is 6.04 Å². The lowest BCUT2D eigenvalue weighted by Crippen LogP contribution is -2.37. The molecule has 0 spiro atoms. The SMILES string of the molecule is CC(N)c1ncn(CC(=O)N2CCCCC2)n1. The van der Waals surface area contributed by atoms with E-state index in [1.165, 1.54) is 6.42 Å². The van der Waals surface area contributed by atoms with Crippen LogP contribution in [0.5, 0.6) is 0 Å². The van der Waals surface area contributed by atoms with E-state index in [-0.39, 0.29) is 18.5 Å². The molecule has 0 saturated carbocycles. The van der Waals surface area contributed by atoms with Gasteiger partial charge in [-0.25, -0.2) is 9.67 Å². The summed E-state index contributed by atoms with van der Waals surface area (Å²) < 4.78 is 1.57. The Bertz CT molecular complexity index is 381. The lowest BCUT2D eigenvalue weighted by molar-refractivity contribution is -0.132. The van der Waals surface area contributed by atoms with Crippen LogP contribution in [0.1, 0.15) is 38.1 Å². The summed E-state index contributed by atoms with van der Waals surface area (Å²) in [5, 5.41) is 4.18. The van der Waals surface area contributed by atoms with E-state index in [9.17, 15) is 4.79 Å². The first-order valence-corrected chi connectivity index (χ1v) is 6.09. The minimum atomic E-state index is -0.193. The molecule has 2 heterocycles. The number of nitrogens with two attached hydrogens (primary N) is 1. The molecule has 94 valence electrons. The Morgan fingerprint density at radius 1 is 1.47 bits per heavy atom. The molecule has 1 atom stereocenters. The third-order valence-corrected chi connectivity index (χ3v) is 2.97. The summed E-state index contributed by atoms with van der Waals surface area (Å²) in [5.41, 5.74) is 5.67. The molecular formula is C11H19N5O. The Labute approximate surface area is 101 Å². The van der Waals surface area contributed by atoms with Crippen LogP contribution >= 0.6 is 0 Å². The first-order chi connectivity index (χ1) is 8.16. The maximum Gasteiger partial charge on any atom is 0.244 e. The fourth-order valence-corrected chi connectivity index (χ4v) is 1.98. The van der Waals surface area contributed by atoms with Crippen LogP contribution in [0, 0.1) is 0 Å². The normalized spacial score (nSPS) is 18.1. The Hall–Kier alpha value is -1.43. The summed E-state index contributed by atoms with van der Waals surface area (Å²) >= 11 is 0. The molecule has 1 fully saturated rings. The van der Waals surface area contributed by atoms with Gasteiger partial charge in [-0.1, -0.05) is 0 Å². The van der Waals surface area contributed by atoms with Crippen molar-refractivity contribution in [2.75, 3.05) is 13.1 Å². The van der Waals surface area contributed by atoms with E-state index in [2.05, 4.69) is 10.1 Å². The summed E-state index contributed by atoms with van der Waals surface area (Å²) in [7, 11) is 0. The van der Waals surface area contributed by atoms with Crippen LogP contribution in [0.25, 0.3) is 0 Å². The molecule has 17 heavy (non-hydrogen) atoms. The predicted octanol–water partition coefficient (Wildman–Crippen LogP) is 0.310. The molecule has 1 aromatic rings. The average molecular weight is 237 g/mol. The highest BCUT2D eigenvalue weighted by molar-refractivity contribution is 5.75. The minimum absolute atomic E-state index is 0.117. The summed E-state index contributed by atoms with van der Waals surface area (Å²) in [5.74, 6) is 0.697. The van der Waals surface area contributed by atoms with Crippen molar-refractivity contribution in [1.82, 2.24) is 19.7 Å². The average Bonchev–Trinajstić information content (AvgIpc) is 2.79. The second kappa shape index (κ2) is 5.27. The van der Waals surface area contributed by atoms with E-state index in [0.717, 1.165) is 25.9 Å². The highest BCUT2D eigenvalue weighted by Gasteiger charge is 2.17. The number of aromatic nitrogens is 3. The van der Waals surface area contributed by atoms with Crippen molar-refractivity contribution < 1.29 is 4.79 Å². The highest BCUT2D eigenvalue weighted by Crippen LogP contribution is 2.09. The van der Waals surface area contributed by atoms with Crippen molar-refractivity contribution in [3.05, 3.63) is 12.2 Å². The van der Waals surface area contributed by atoms with E-state index in [1.807, 2.05) is 11.8 Å². The zero-order valence-electron chi connectivity index (χ0n) is 10.2. The summed E-state index contributed by atoms with van der Waals surface area (Å²) in [6.45, 7) is 3.83. The third kappa shape index (κ3) is 3.03. The summed E-state index contributed by atoms with van der Waals surface area (Å²) in [6, 6.07) is -0.193. The Kier molecular flexibility index (Phi) is 3.73. The fourth-order valence-electron chi connectivity index (χ4n) is 1.98. The van der Waals surface area contributed by atoms with Crippen LogP contribution in [0.2, 0.25) is 0 Å². The maximum atomic E-state index is 12.0. The van der Waals surface area contributed by atoms with Crippen molar-refractivity contribution in [3.8, 4) is 0 Å². The van der Waals surface area contributed by atoms with Gasteiger partial charge in [0.1, 0.15) is 12.9 Å². The van der Waals surface area contributed by atoms with Crippen LogP contribution in [0.15, 0.2) is 6.33 Å². The van der Waals surface area contributed by atoms with Crippen molar-refractivity contribution in [2.45, 2.75) is 38.8 Å². The Morgan fingerprint density at radius 2 is 2.18 bits per heavy atom. The topological polar surface area (TPSA) is 77.0 Å². The van der Waals surface area contributed by atoms with Crippen LogP contribution in [0.3, 0.4) is 0 Å². The molecule has 1 amide bonds. The predicted molar refractivity (Wildman–Crippen MR) is 63.1 cm³/mol. The number of rotatable bonds is 3. The van der Waals surface area contributed by atoms with Crippen LogP contribution in [-0.4, -0.2) is 38.7 Å². The molecule has 1 aliphatic rings. The van der Waals surface area contributed by atoms with Gasteiger partial charge in [-0.3, -0.25) is 4.79 Å². The van der Waals surface area contributed by atoms with E-state index in [0.29, 0.717) is 5.82 Å².